The van der Waals surface area contributed by atoms with Crippen LogP contribution in [-0.2, 0) is 6.18 Å². The summed E-state index contributed by atoms with van der Waals surface area (Å²) in [6.45, 7) is -3.20. The van der Waals surface area contributed by atoms with Crippen LogP contribution in [0, 0.1) is 0 Å². The third-order valence-corrected chi connectivity index (χ3v) is 2.41. The lowest BCUT2D eigenvalue weighted by Gasteiger charge is -2.13. The second kappa shape index (κ2) is 4.91. The Morgan fingerprint density at radius 3 is 2.37 bits per heavy atom. The lowest BCUT2D eigenvalue weighted by molar-refractivity contribution is -0.138. The van der Waals surface area contributed by atoms with E-state index in [-0.39, 0.29) is 5.56 Å². The highest BCUT2D eigenvalue weighted by Crippen LogP contribution is 2.37. The van der Waals surface area contributed by atoms with E-state index in [4.69, 9.17) is 0 Å². The van der Waals surface area contributed by atoms with Crippen LogP contribution in [0.5, 0.6) is 5.75 Å². The predicted octanol–water partition coefficient (Wildman–Crippen LogP) is 4.30. The smallest absolute Gasteiger partial charge is 0.416 e. The van der Waals surface area contributed by atoms with Crippen molar-refractivity contribution in [2.24, 2.45) is 0 Å². The van der Waals surface area contributed by atoms with Crippen molar-refractivity contribution in [1.29, 1.82) is 0 Å². The van der Waals surface area contributed by atoms with Crippen LogP contribution >= 0.6 is 0 Å². The quantitative estimate of drug-likeness (QED) is 0.831. The Morgan fingerprint density at radius 1 is 1.11 bits per heavy atom. The SMILES string of the molecule is FC(F)Oc1cc(C(F)(F)F)ccc1-c1ccc[nH]1. The number of hydrogen-bond acceptors (Lipinski definition) is 1. The van der Waals surface area contributed by atoms with Crippen LogP contribution in [0.2, 0.25) is 0 Å². The molecule has 1 aromatic heterocycles. The molecule has 0 bridgehead atoms. The normalized spacial score (nSPS) is 11.9. The molecule has 2 nitrogen and oxygen atoms in total. The van der Waals surface area contributed by atoms with Gasteiger partial charge in [-0.25, -0.2) is 0 Å². The summed E-state index contributed by atoms with van der Waals surface area (Å²) < 4.78 is 66.3. The topological polar surface area (TPSA) is 25.0 Å². The van der Waals surface area contributed by atoms with Gasteiger partial charge in [-0.2, -0.15) is 22.0 Å². The fourth-order valence-electron chi connectivity index (χ4n) is 1.61. The van der Waals surface area contributed by atoms with Crippen molar-refractivity contribution < 1.29 is 26.7 Å². The number of aromatic nitrogens is 1. The summed E-state index contributed by atoms with van der Waals surface area (Å²) in [5.41, 5.74) is -0.513. The number of halogens is 5. The summed E-state index contributed by atoms with van der Waals surface area (Å²) in [6, 6.07) is 5.60. The van der Waals surface area contributed by atoms with Crippen LogP contribution in [0.1, 0.15) is 5.56 Å². The van der Waals surface area contributed by atoms with Crippen LogP contribution in [-0.4, -0.2) is 11.6 Å². The number of ether oxygens (including phenoxy) is 1. The molecule has 2 rings (SSSR count). The first-order valence-corrected chi connectivity index (χ1v) is 5.18. The van der Waals surface area contributed by atoms with Gasteiger partial charge in [-0.1, -0.05) is 0 Å². The first-order chi connectivity index (χ1) is 8.88. The monoisotopic (exact) mass is 277 g/mol. The van der Waals surface area contributed by atoms with Gasteiger partial charge in [-0.05, 0) is 30.3 Å². The van der Waals surface area contributed by atoms with Crippen LogP contribution in [0.25, 0.3) is 11.3 Å². The summed E-state index contributed by atoms with van der Waals surface area (Å²) in [4.78, 5) is 2.72. The van der Waals surface area contributed by atoms with Crippen LogP contribution in [0.3, 0.4) is 0 Å². The number of aromatic amines is 1. The second-order valence-electron chi connectivity index (χ2n) is 3.67. The number of H-pyrrole nitrogens is 1. The minimum absolute atomic E-state index is 0.137. The molecule has 0 aliphatic heterocycles. The highest BCUT2D eigenvalue weighted by Gasteiger charge is 2.31. The molecule has 0 aliphatic rings. The minimum atomic E-state index is -4.62. The van der Waals surface area contributed by atoms with Gasteiger partial charge in [0.05, 0.1) is 5.56 Å². The Labute approximate surface area is 104 Å². The first-order valence-electron chi connectivity index (χ1n) is 5.18. The van der Waals surface area contributed by atoms with E-state index < -0.39 is 24.1 Å². The van der Waals surface area contributed by atoms with E-state index in [1.807, 2.05) is 0 Å². The maximum atomic E-state index is 12.5. The molecule has 1 N–H and O–H groups in total. The molecule has 0 amide bonds. The third-order valence-electron chi connectivity index (χ3n) is 2.41. The van der Waals surface area contributed by atoms with E-state index in [9.17, 15) is 22.0 Å². The zero-order valence-electron chi connectivity index (χ0n) is 9.34. The molecule has 1 aromatic carbocycles. The zero-order valence-corrected chi connectivity index (χ0v) is 9.34. The van der Waals surface area contributed by atoms with Crippen LogP contribution in [0.15, 0.2) is 36.5 Å². The van der Waals surface area contributed by atoms with E-state index in [2.05, 4.69) is 9.72 Å². The Hall–Kier alpha value is -2.05. The Kier molecular flexibility index (Phi) is 3.46. The minimum Gasteiger partial charge on any atom is -0.434 e. The molecular weight excluding hydrogens is 269 g/mol. The van der Waals surface area contributed by atoms with E-state index in [1.165, 1.54) is 6.20 Å². The molecule has 0 aliphatic carbocycles. The van der Waals surface area contributed by atoms with E-state index >= 15 is 0 Å². The first kappa shape index (κ1) is 13.4. The molecule has 102 valence electrons. The summed E-state index contributed by atoms with van der Waals surface area (Å²) in [5.74, 6) is -0.521. The Morgan fingerprint density at radius 2 is 1.84 bits per heavy atom. The van der Waals surface area contributed by atoms with Crippen LogP contribution < -0.4 is 4.74 Å². The van der Waals surface area contributed by atoms with E-state index in [0.717, 1.165) is 12.1 Å². The number of alkyl halides is 5. The molecular formula is C12H8F5NO. The molecule has 0 atom stereocenters. The number of nitrogens with one attached hydrogen (secondary N) is 1. The Balaban J connectivity index is 2.49. The number of benzene rings is 1. The van der Waals surface area contributed by atoms with Gasteiger partial charge < -0.3 is 9.72 Å². The molecule has 19 heavy (non-hydrogen) atoms. The van der Waals surface area contributed by atoms with Gasteiger partial charge >= 0.3 is 12.8 Å². The van der Waals surface area contributed by atoms with Crippen molar-refractivity contribution >= 4 is 0 Å². The molecule has 2 aromatic rings. The van der Waals surface area contributed by atoms with Crippen molar-refractivity contribution in [2.45, 2.75) is 12.8 Å². The maximum Gasteiger partial charge on any atom is 0.416 e. The fraction of sp³-hybridized carbons (Fsp3) is 0.167. The fourth-order valence-corrected chi connectivity index (χ4v) is 1.61. The van der Waals surface area contributed by atoms with Crippen molar-refractivity contribution in [1.82, 2.24) is 4.98 Å². The lowest BCUT2D eigenvalue weighted by Crippen LogP contribution is -2.08. The number of rotatable bonds is 3. The van der Waals surface area contributed by atoms with Gasteiger partial charge in [-0.3, -0.25) is 0 Å². The summed E-state index contributed by atoms with van der Waals surface area (Å²) in [6.07, 6.45) is -3.09. The van der Waals surface area contributed by atoms with Crippen molar-refractivity contribution in [3.05, 3.63) is 42.1 Å². The largest absolute Gasteiger partial charge is 0.434 e. The Bertz CT molecular complexity index is 548. The molecule has 0 saturated carbocycles. The van der Waals surface area contributed by atoms with Crippen molar-refractivity contribution in [3.63, 3.8) is 0 Å². The lowest BCUT2D eigenvalue weighted by atomic mass is 10.1. The van der Waals surface area contributed by atoms with Crippen molar-refractivity contribution in [2.75, 3.05) is 0 Å². The van der Waals surface area contributed by atoms with Crippen LogP contribution in [0.4, 0.5) is 22.0 Å². The van der Waals surface area contributed by atoms with Gasteiger partial charge in [0.25, 0.3) is 0 Å². The molecule has 0 saturated heterocycles. The van der Waals surface area contributed by atoms with Crippen molar-refractivity contribution in [3.8, 4) is 17.0 Å². The van der Waals surface area contributed by atoms with Gasteiger partial charge in [0, 0.05) is 17.5 Å². The second-order valence-corrected chi connectivity index (χ2v) is 3.67. The zero-order chi connectivity index (χ0) is 14.0. The highest BCUT2D eigenvalue weighted by atomic mass is 19.4. The van der Waals surface area contributed by atoms with Gasteiger partial charge in [-0.15, -0.1) is 0 Å². The molecule has 0 fully saturated rings. The highest BCUT2D eigenvalue weighted by molar-refractivity contribution is 5.68. The number of hydrogen-bond donors (Lipinski definition) is 1. The summed E-state index contributed by atoms with van der Waals surface area (Å²) >= 11 is 0. The average molecular weight is 277 g/mol. The standard InChI is InChI=1S/C12H8F5NO/c13-11(14)19-10-6-7(12(15,16)17)3-4-8(10)9-2-1-5-18-9/h1-6,11,18H. The van der Waals surface area contributed by atoms with E-state index in [1.54, 1.807) is 12.1 Å². The third kappa shape index (κ3) is 3.04. The summed E-state index contributed by atoms with van der Waals surface area (Å²) in [5, 5.41) is 0. The molecule has 0 unspecified atom stereocenters. The summed E-state index contributed by atoms with van der Waals surface area (Å²) in [7, 11) is 0. The molecule has 1 heterocycles. The molecule has 7 heteroatoms. The van der Waals surface area contributed by atoms with Gasteiger partial charge in [0.15, 0.2) is 0 Å². The van der Waals surface area contributed by atoms with Gasteiger partial charge in [0.1, 0.15) is 5.75 Å². The van der Waals surface area contributed by atoms with E-state index in [0.29, 0.717) is 11.8 Å². The van der Waals surface area contributed by atoms with Gasteiger partial charge in [0.2, 0.25) is 0 Å². The molecule has 0 spiro atoms. The average Bonchev–Trinajstić information content (AvgIpc) is 2.80. The predicted molar refractivity (Wildman–Crippen MR) is 57.9 cm³/mol. The molecule has 0 radical (unpaired) electrons. The maximum absolute atomic E-state index is 12.5.